The van der Waals surface area contributed by atoms with Gasteiger partial charge in [-0.05, 0) is 36.2 Å². The molecule has 4 rings (SSSR count). The number of methoxy groups -OCH3 is 2. The van der Waals surface area contributed by atoms with Gasteiger partial charge in [-0.1, -0.05) is 6.92 Å². The van der Waals surface area contributed by atoms with E-state index in [1.807, 2.05) is 20.2 Å². The average Bonchev–Trinajstić information content (AvgIpc) is 3.27. The number of rotatable bonds is 8. The van der Waals surface area contributed by atoms with Crippen LogP contribution in [0.5, 0.6) is 5.75 Å². The first-order valence-electron chi connectivity index (χ1n) is 10.9. The summed E-state index contributed by atoms with van der Waals surface area (Å²) in [5.74, 6) is -0.428. The molecule has 0 aliphatic carbocycles. The van der Waals surface area contributed by atoms with Gasteiger partial charge < -0.3 is 19.1 Å². The first kappa shape index (κ1) is 23.5. The summed E-state index contributed by atoms with van der Waals surface area (Å²) in [5, 5.41) is 14.7. The highest BCUT2D eigenvalue weighted by atomic mass is 19.1. The van der Waals surface area contributed by atoms with Crippen molar-refractivity contribution in [2.45, 2.75) is 26.0 Å². The zero-order valence-corrected chi connectivity index (χ0v) is 19.6. The molecule has 3 aromatic heterocycles. The Morgan fingerprint density at radius 1 is 1.21 bits per heavy atom. The molecular weight excluding hydrogens is 439 g/mol. The Morgan fingerprint density at radius 3 is 2.71 bits per heavy atom. The van der Waals surface area contributed by atoms with Gasteiger partial charge >= 0.3 is 0 Å². The van der Waals surface area contributed by atoms with Crippen LogP contribution in [0.3, 0.4) is 0 Å². The van der Waals surface area contributed by atoms with Gasteiger partial charge in [0.15, 0.2) is 17.2 Å². The monoisotopic (exact) mass is 466 g/mol. The van der Waals surface area contributed by atoms with E-state index in [9.17, 15) is 5.11 Å². The number of hydrogen-bond acceptors (Lipinski definition) is 7. The fraction of sp³-hybridized carbons (Fsp3) is 0.333. The predicted molar refractivity (Wildman–Crippen MR) is 125 cm³/mol. The van der Waals surface area contributed by atoms with Crippen molar-refractivity contribution in [3.05, 3.63) is 59.7 Å². The molecular formula is C24H27FN6O3. The predicted octanol–water partition coefficient (Wildman–Crippen LogP) is 2.78. The summed E-state index contributed by atoms with van der Waals surface area (Å²) in [5.41, 5.74) is 3.97. The Balaban J connectivity index is 1.95. The van der Waals surface area contributed by atoms with E-state index >= 15 is 4.39 Å². The molecule has 4 aromatic rings. The van der Waals surface area contributed by atoms with Crippen molar-refractivity contribution in [2.75, 3.05) is 20.8 Å². The molecule has 0 radical (unpaired) electrons. The third-order valence-electron chi connectivity index (χ3n) is 5.40. The van der Waals surface area contributed by atoms with Crippen molar-refractivity contribution in [3.63, 3.8) is 0 Å². The van der Waals surface area contributed by atoms with Gasteiger partial charge in [0.05, 0.1) is 44.5 Å². The van der Waals surface area contributed by atoms with Crippen LogP contribution in [0.4, 0.5) is 10.1 Å². The van der Waals surface area contributed by atoms with Crippen molar-refractivity contribution in [2.24, 2.45) is 12.0 Å². The maximum Gasteiger partial charge on any atom is 0.190 e. The Kier molecular flexibility index (Phi) is 6.99. The molecule has 1 aromatic carbocycles. The highest BCUT2D eigenvalue weighted by molar-refractivity contribution is 5.73. The number of halogens is 1. The van der Waals surface area contributed by atoms with Crippen molar-refractivity contribution < 1.29 is 19.0 Å². The van der Waals surface area contributed by atoms with Gasteiger partial charge in [0.2, 0.25) is 0 Å². The van der Waals surface area contributed by atoms with Gasteiger partial charge in [0.1, 0.15) is 16.7 Å². The van der Waals surface area contributed by atoms with Crippen LogP contribution in [-0.4, -0.2) is 56.4 Å². The fourth-order valence-corrected chi connectivity index (χ4v) is 3.68. The lowest BCUT2D eigenvalue weighted by atomic mass is 10.1. The first-order chi connectivity index (χ1) is 16.4. The van der Waals surface area contributed by atoms with Gasteiger partial charge in [-0.25, -0.2) is 14.4 Å². The topological polar surface area (TPSA) is 99.6 Å². The van der Waals surface area contributed by atoms with E-state index in [4.69, 9.17) is 14.5 Å². The summed E-state index contributed by atoms with van der Waals surface area (Å²) in [6.45, 7) is 2.22. The molecule has 0 fully saturated rings. The molecule has 9 nitrogen and oxygen atoms in total. The number of aromatic nitrogens is 5. The lowest BCUT2D eigenvalue weighted by Crippen LogP contribution is -2.30. The highest BCUT2D eigenvalue weighted by Crippen LogP contribution is 2.29. The molecule has 1 N–H and O–H groups in total. The van der Waals surface area contributed by atoms with Crippen molar-refractivity contribution in [1.82, 2.24) is 24.3 Å². The zero-order chi connectivity index (χ0) is 24.2. The highest BCUT2D eigenvalue weighted by Gasteiger charge is 2.15. The van der Waals surface area contributed by atoms with E-state index in [0.717, 1.165) is 11.1 Å². The van der Waals surface area contributed by atoms with Gasteiger partial charge in [0, 0.05) is 25.9 Å². The number of aliphatic hydroxyl groups excluding tert-OH is 1. The van der Waals surface area contributed by atoms with E-state index in [-0.39, 0.29) is 24.6 Å². The molecule has 0 spiro atoms. The number of ether oxygens (including phenoxy) is 2. The van der Waals surface area contributed by atoms with Gasteiger partial charge in [-0.2, -0.15) is 5.10 Å². The van der Waals surface area contributed by atoms with Gasteiger partial charge in [-0.3, -0.25) is 9.67 Å². The second-order valence-corrected chi connectivity index (χ2v) is 7.87. The summed E-state index contributed by atoms with van der Waals surface area (Å²) < 4.78 is 28.8. The number of pyridine rings is 1. The van der Waals surface area contributed by atoms with Crippen molar-refractivity contribution >= 4 is 16.9 Å². The third kappa shape index (κ3) is 4.82. The average molecular weight is 467 g/mol. The largest absolute Gasteiger partial charge is 0.494 e. The molecule has 0 saturated heterocycles. The van der Waals surface area contributed by atoms with Gasteiger partial charge in [0.25, 0.3) is 0 Å². The van der Waals surface area contributed by atoms with E-state index in [1.54, 1.807) is 45.9 Å². The maximum absolute atomic E-state index is 15.1. The Hall–Kier alpha value is -3.63. The molecule has 0 aliphatic rings. The van der Waals surface area contributed by atoms with Crippen LogP contribution in [0.2, 0.25) is 0 Å². The minimum Gasteiger partial charge on any atom is -0.494 e. The Labute approximate surface area is 196 Å². The normalized spacial score (nSPS) is 12.9. The molecule has 34 heavy (non-hydrogen) atoms. The minimum atomic E-state index is -0.834. The fourth-order valence-electron chi connectivity index (χ4n) is 3.68. The second kappa shape index (κ2) is 10.1. The quantitative estimate of drug-likeness (QED) is 0.429. The molecule has 178 valence electrons. The van der Waals surface area contributed by atoms with E-state index in [1.165, 1.54) is 14.2 Å². The Morgan fingerprint density at radius 2 is 2.03 bits per heavy atom. The van der Waals surface area contributed by atoms with E-state index in [0.29, 0.717) is 28.8 Å². The van der Waals surface area contributed by atoms with Crippen LogP contribution in [0, 0.1) is 5.82 Å². The van der Waals surface area contributed by atoms with Crippen LogP contribution in [0.25, 0.3) is 22.4 Å². The van der Waals surface area contributed by atoms with Crippen molar-refractivity contribution in [1.29, 1.82) is 0 Å². The summed E-state index contributed by atoms with van der Waals surface area (Å²) in [4.78, 5) is 13.9. The summed E-state index contributed by atoms with van der Waals surface area (Å²) >= 11 is 0. The third-order valence-corrected chi connectivity index (χ3v) is 5.40. The smallest absolute Gasteiger partial charge is 0.190 e. The lowest BCUT2D eigenvalue weighted by molar-refractivity contribution is 0.0536. The maximum atomic E-state index is 15.1. The van der Waals surface area contributed by atoms with Crippen LogP contribution in [-0.2, 0) is 24.8 Å². The molecule has 0 amide bonds. The molecule has 0 saturated carbocycles. The molecule has 0 bridgehead atoms. The molecule has 1 unspecified atom stereocenters. The van der Waals surface area contributed by atoms with Crippen LogP contribution < -0.4 is 10.2 Å². The van der Waals surface area contributed by atoms with Crippen LogP contribution in [0.15, 0.2) is 47.8 Å². The second-order valence-electron chi connectivity index (χ2n) is 7.87. The first-order valence-corrected chi connectivity index (χ1v) is 10.9. The number of hydrogen-bond donors (Lipinski definition) is 1. The number of aliphatic hydroxyl groups is 1. The molecule has 3 heterocycles. The van der Waals surface area contributed by atoms with E-state index in [2.05, 4.69) is 15.1 Å². The molecule has 1 atom stereocenters. The zero-order valence-electron chi connectivity index (χ0n) is 19.6. The number of benzene rings is 1. The summed E-state index contributed by atoms with van der Waals surface area (Å²) in [6.07, 6.45) is 5.07. The molecule has 0 aliphatic heterocycles. The van der Waals surface area contributed by atoms with Crippen LogP contribution >= 0.6 is 0 Å². The summed E-state index contributed by atoms with van der Waals surface area (Å²) in [7, 11) is 4.76. The Bertz CT molecular complexity index is 1380. The van der Waals surface area contributed by atoms with Gasteiger partial charge in [-0.15, -0.1) is 0 Å². The SMILES string of the molecule is CCc1cc(/N=c2\ccc3ncc(-c4cnn(C)c4)nc3n2CC(O)COC)c(F)c(OC)c1. The number of aryl methyl sites for hydroxylation is 2. The minimum absolute atomic E-state index is 0.117. The standard InChI is InChI=1S/C24H27FN6O3/c1-5-15-8-19(23(25)21(9-15)34-4)28-22-7-6-18-24(31(22)13-17(32)14-33-3)29-20(11-26-18)16-10-27-30(2)12-16/h6-12,17,32H,5,13-14H2,1-4H3/b28-22+. The lowest BCUT2D eigenvalue weighted by Gasteiger charge is -2.16. The summed E-state index contributed by atoms with van der Waals surface area (Å²) in [6, 6.07) is 6.85. The van der Waals surface area contributed by atoms with Crippen molar-refractivity contribution in [3.8, 4) is 17.0 Å². The molecule has 10 heteroatoms. The number of fused-ring (bicyclic) bond motifs is 1. The number of nitrogens with zero attached hydrogens (tertiary/aromatic N) is 6. The van der Waals surface area contributed by atoms with E-state index < -0.39 is 11.9 Å². The van der Waals surface area contributed by atoms with Crippen LogP contribution in [0.1, 0.15) is 12.5 Å².